The maximum absolute atomic E-state index is 12.5. The molecule has 5 nitrogen and oxygen atoms in total. The number of nitrogens with zero attached hydrogens (tertiary/aromatic N) is 1. The van der Waals surface area contributed by atoms with Gasteiger partial charge in [0, 0.05) is 36.9 Å². The van der Waals surface area contributed by atoms with E-state index in [1.54, 1.807) is 6.07 Å². The Bertz CT molecular complexity index is 575. The molecule has 0 unspecified atom stereocenters. The van der Waals surface area contributed by atoms with E-state index in [1.165, 1.54) is 0 Å². The highest BCUT2D eigenvalue weighted by atomic mass is 16.2. The molecule has 118 valence electrons. The van der Waals surface area contributed by atoms with Crippen molar-refractivity contribution in [3.05, 3.63) is 23.8 Å². The van der Waals surface area contributed by atoms with Crippen molar-refractivity contribution in [3.63, 3.8) is 0 Å². The van der Waals surface area contributed by atoms with Crippen LogP contribution in [0.2, 0.25) is 0 Å². The van der Waals surface area contributed by atoms with E-state index in [1.807, 2.05) is 19.1 Å². The molecular formula is C17H23N3O2. The lowest BCUT2D eigenvalue weighted by Crippen LogP contribution is -2.29. The summed E-state index contributed by atoms with van der Waals surface area (Å²) in [6.07, 6.45) is 4.89. The fourth-order valence-corrected chi connectivity index (χ4v) is 2.77. The number of rotatable bonds is 5. The number of carbonyl (C=O) groups is 2. The fourth-order valence-electron chi connectivity index (χ4n) is 2.77. The van der Waals surface area contributed by atoms with Crippen molar-refractivity contribution in [2.75, 3.05) is 23.3 Å². The van der Waals surface area contributed by atoms with Crippen LogP contribution in [0.15, 0.2) is 18.2 Å². The topological polar surface area (TPSA) is 61.4 Å². The summed E-state index contributed by atoms with van der Waals surface area (Å²) in [5.74, 6) is -0.0699. The van der Waals surface area contributed by atoms with Gasteiger partial charge in [0.25, 0.3) is 5.91 Å². The number of hydrogen-bond donors (Lipinski definition) is 2. The normalized spacial score (nSPS) is 17.4. The van der Waals surface area contributed by atoms with Gasteiger partial charge in [0.2, 0.25) is 5.91 Å². The smallest absolute Gasteiger partial charge is 0.253 e. The molecule has 5 heteroatoms. The number of hydrogen-bond acceptors (Lipinski definition) is 3. The van der Waals surface area contributed by atoms with Gasteiger partial charge in [-0.15, -0.1) is 0 Å². The molecule has 2 fully saturated rings. The minimum absolute atomic E-state index is 0.0306. The first-order chi connectivity index (χ1) is 10.7. The fraction of sp³-hybridized carbons (Fsp3) is 0.529. The number of anilines is 2. The van der Waals surface area contributed by atoms with Gasteiger partial charge in [-0.2, -0.15) is 0 Å². The summed E-state index contributed by atoms with van der Waals surface area (Å²) in [5.41, 5.74) is 2.34. The molecule has 2 amide bonds. The Kier molecular flexibility index (Phi) is 4.32. The van der Waals surface area contributed by atoms with Gasteiger partial charge in [0.1, 0.15) is 0 Å². The zero-order chi connectivity index (χ0) is 15.5. The average Bonchev–Trinajstić information content (AvgIpc) is 3.16. The molecule has 0 bridgehead atoms. The lowest BCUT2D eigenvalue weighted by Gasteiger charge is -2.22. The highest BCUT2D eigenvalue weighted by Crippen LogP contribution is 2.29. The molecule has 0 atom stereocenters. The average molecular weight is 301 g/mol. The number of nitrogens with one attached hydrogen (secondary N) is 2. The van der Waals surface area contributed by atoms with E-state index in [4.69, 9.17) is 0 Å². The van der Waals surface area contributed by atoms with E-state index >= 15 is 0 Å². The van der Waals surface area contributed by atoms with Crippen LogP contribution in [0.3, 0.4) is 0 Å². The maximum Gasteiger partial charge on any atom is 0.253 e. The summed E-state index contributed by atoms with van der Waals surface area (Å²) in [7, 11) is 0. The molecule has 1 aromatic carbocycles. The van der Waals surface area contributed by atoms with Crippen molar-refractivity contribution in [2.24, 2.45) is 0 Å². The van der Waals surface area contributed by atoms with E-state index in [2.05, 4.69) is 15.5 Å². The van der Waals surface area contributed by atoms with E-state index in [0.29, 0.717) is 23.7 Å². The maximum atomic E-state index is 12.5. The largest absolute Gasteiger partial charge is 0.371 e. The van der Waals surface area contributed by atoms with E-state index in [0.717, 1.165) is 44.5 Å². The lowest BCUT2D eigenvalue weighted by molar-refractivity contribution is -0.115. The molecule has 2 N–H and O–H groups in total. The molecular weight excluding hydrogens is 278 g/mol. The van der Waals surface area contributed by atoms with Crippen LogP contribution in [0.1, 0.15) is 49.4 Å². The van der Waals surface area contributed by atoms with Gasteiger partial charge in [-0.25, -0.2) is 0 Å². The van der Waals surface area contributed by atoms with Crippen LogP contribution in [0.5, 0.6) is 0 Å². The highest BCUT2D eigenvalue weighted by Gasteiger charge is 2.26. The molecule has 0 radical (unpaired) electrons. The SMILES string of the molecule is CCC(=O)Nc1ccc(N2CCCC2)c(C(=O)NC2CC2)c1. The van der Waals surface area contributed by atoms with Crippen molar-refractivity contribution in [1.82, 2.24) is 5.32 Å². The molecule has 22 heavy (non-hydrogen) atoms. The lowest BCUT2D eigenvalue weighted by atomic mass is 10.1. The van der Waals surface area contributed by atoms with Crippen molar-refractivity contribution in [2.45, 2.75) is 45.1 Å². The Labute approximate surface area is 131 Å². The van der Waals surface area contributed by atoms with Crippen molar-refractivity contribution in [3.8, 4) is 0 Å². The van der Waals surface area contributed by atoms with Crippen LogP contribution in [0.25, 0.3) is 0 Å². The summed E-state index contributed by atoms with van der Waals surface area (Å²) >= 11 is 0. The molecule has 2 aliphatic rings. The Morgan fingerprint density at radius 1 is 1.23 bits per heavy atom. The van der Waals surface area contributed by atoms with Crippen molar-refractivity contribution in [1.29, 1.82) is 0 Å². The van der Waals surface area contributed by atoms with Crippen LogP contribution < -0.4 is 15.5 Å². The number of carbonyl (C=O) groups excluding carboxylic acids is 2. The Morgan fingerprint density at radius 2 is 1.95 bits per heavy atom. The van der Waals surface area contributed by atoms with Crippen molar-refractivity contribution < 1.29 is 9.59 Å². The second-order valence-corrected chi connectivity index (χ2v) is 6.08. The quantitative estimate of drug-likeness (QED) is 0.878. The van der Waals surface area contributed by atoms with Gasteiger partial charge in [-0.3, -0.25) is 9.59 Å². The number of benzene rings is 1. The predicted molar refractivity (Wildman–Crippen MR) is 87.3 cm³/mol. The molecule has 1 aliphatic carbocycles. The molecule has 0 spiro atoms. The molecule has 1 saturated heterocycles. The first-order valence-electron chi connectivity index (χ1n) is 8.17. The standard InChI is InChI=1S/C17H23N3O2/c1-2-16(21)18-13-7-8-15(20-9-3-4-10-20)14(11-13)17(22)19-12-5-6-12/h7-8,11-12H,2-6,9-10H2,1H3,(H,18,21)(H,19,22). The zero-order valence-corrected chi connectivity index (χ0v) is 13.0. The zero-order valence-electron chi connectivity index (χ0n) is 13.0. The minimum Gasteiger partial charge on any atom is -0.371 e. The number of amides is 2. The van der Waals surface area contributed by atoms with Gasteiger partial charge < -0.3 is 15.5 Å². The van der Waals surface area contributed by atoms with Gasteiger partial charge in [0.15, 0.2) is 0 Å². The van der Waals surface area contributed by atoms with Crippen LogP contribution >= 0.6 is 0 Å². The summed E-state index contributed by atoms with van der Waals surface area (Å²) < 4.78 is 0. The second kappa shape index (κ2) is 6.38. The van der Waals surface area contributed by atoms with Gasteiger partial charge >= 0.3 is 0 Å². The van der Waals surface area contributed by atoms with Gasteiger partial charge in [-0.05, 0) is 43.9 Å². The first-order valence-corrected chi connectivity index (χ1v) is 8.17. The molecule has 1 saturated carbocycles. The Hall–Kier alpha value is -2.04. The van der Waals surface area contributed by atoms with Gasteiger partial charge in [-0.1, -0.05) is 6.92 Å². The van der Waals surface area contributed by atoms with Gasteiger partial charge in [0.05, 0.1) is 5.56 Å². The monoisotopic (exact) mass is 301 g/mol. The van der Waals surface area contributed by atoms with E-state index in [-0.39, 0.29) is 11.8 Å². The summed E-state index contributed by atoms with van der Waals surface area (Å²) in [6, 6.07) is 5.97. The first kappa shape index (κ1) is 14.9. The molecule has 0 aromatic heterocycles. The van der Waals surface area contributed by atoms with E-state index < -0.39 is 0 Å². The highest BCUT2D eigenvalue weighted by molar-refractivity contribution is 6.02. The van der Waals surface area contributed by atoms with Crippen LogP contribution in [-0.4, -0.2) is 30.9 Å². The summed E-state index contributed by atoms with van der Waals surface area (Å²) in [5, 5.41) is 5.89. The third kappa shape index (κ3) is 3.40. The van der Waals surface area contributed by atoms with Crippen LogP contribution in [0.4, 0.5) is 11.4 Å². The predicted octanol–water partition coefficient (Wildman–Crippen LogP) is 2.53. The summed E-state index contributed by atoms with van der Waals surface area (Å²) in [6.45, 7) is 3.80. The van der Waals surface area contributed by atoms with Crippen molar-refractivity contribution >= 4 is 23.2 Å². The molecule has 1 aromatic rings. The third-order valence-electron chi connectivity index (χ3n) is 4.21. The molecule has 1 heterocycles. The summed E-state index contributed by atoms with van der Waals surface area (Å²) in [4.78, 5) is 26.4. The third-order valence-corrected chi connectivity index (χ3v) is 4.21. The second-order valence-electron chi connectivity index (χ2n) is 6.08. The Morgan fingerprint density at radius 3 is 2.59 bits per heavy atom. The minimum atomic E-state index is -0.0394. The molecule has 3 rings (SSSR count). The Balaban J connectivity index is 1.86. The molecule has 1 aliphatic heterocycles. The van der Waals surface area contributed by atoms with E-state index in [9.17, 15) is 9.59 Å². The van der Waals surface area contributed by atoms with Crippen LogP contribution in [0, 0.1) is 0 Å². The van der Waals surface area contributed by atoms with Crippen LogP contribution in [-0.2, 0) is 4.79 Å².